The van der Waals surface area contributed by atoms with Gasteiger partial charge >= 0.3 is 0 Å². The summed E-state index contributed by atoms with van der Waals surface area (Å²) in [5, 5.41) is 12.1. The molecule has 3 rings (SSSR count). The van der Waals surface area contributed by atoms with Gasteiger partial charge in [-0.25, -0.2) is 0 Å². The molecule has 2 N–H and O–H groups in total. The Morgan fingerprint density at radius 3 is 2.57 bits per heavy atom. The zero-order valence-corrected chi connectivity index (χ0v) is 11.9. The van der Waals surface area contributed by atoms with Crippen molar-refractivity contribution >= 4 is 11.8 Å². The first-order valence-corrected chi connectivity index (χ1v) is 7.39. The van der Waals surface area contributed by atoms with Gasteiger partial charge in [0.15, 0.2) is 0 Å². The zero-order chi connectivity index (χ0) is 14.9. The molecule has 5 nitrogen and oxygen atoms in total. The topological polar surface area (TPSA) is 69.6 Å². The number of aliphatic hydroxyl groups excluding tert-OH is 1. The highest BCUT2D eigenvalue weighted by atomic mass is 16.3. The lowest BCUT2D eigenvalue weighted by atomic mass is 9.82. The minimum Gasteiger partial charge on any atom is -0.387 e. The Balaban J connectivity index is 1.69. The summed E-state index contributed by atoms with van der Waals surface area (Å²) in [4.78, 5) is 25.5. The molecule has 112 valence electrons. The molecule has 1 spiro atoms. The van der Waals surface area contributed by atoms with Crippen LogP contribution in [0.25, 0.3) is 0 Å². The molecule has 0 saturated carbocycles. The molecule has 0 aromatic heterocycles. The number of hydrogen-bond donors (Lipinski definition) is 2. The average molecular weight is 288 g/mol. The number of amides is 2. The summed E-state index contributed by atoms with van der Waals surface area (Å²) >= 11 is 0. The second-order valence-electron chi connectivity index (χ2n) is 5.98. The number of carbonyl (C=O) groups excluding carboxylic acids is 2. The van der Waals surface area contributed by atoms with E-state index in [0.29, 0.717) is 13.1 Å². The van der Waals surface area contributed by atoms with Gasteiger partial charge in [-0.3, -0.25) is 9.59 Å². The van der Waals surface area contributed by atoms with Gasteiger partial charge < -0.3 is 15.3 Å². The minimum atomic E-state index is -0.438. The summed E-state index contributed by atoms with van der Waals surface area (Å²) < 4.78 is 0. The molecule has 21 heavy (non-hydrogen) atoms. The molecule has 2 aliphatic rings. The maximum Gasteiger partial charge on any atom is 0.248 e. The van der Waals surface area contributed by atoms with E-state index in [1.807, 2.05) is 30.3 Å². The number of likely N-dealkylation sites (tertiary alicyclic amines) is 1. The fraction of sp³-hybridized carbons (Fsp3) is 0.500. The Morgan fingerprint density at radius 2 is 1.95 bits per heavy atom. The van der Waals surface area contributed by atoms with Crippen LogP contribution in [0.5, 0.6) is 0 Å². The van der Waals surface area contributed by atoms with Crippen molar-refractivity contribution < 1.29 is 14.7 Å². The van der Waals surface area contributed by atoms with Crippen molar-refractivity contribution in [1.29, 1.82) is 0 Å². The van der Waals surface area contributed by atoms with E-state index in [4.69, 9.17) is 5.11 Å². The van der Waals surface area contributed by atoms with Gasteiger partial charge in [0.05, 0.1) is 5.92 Å². The standard InChI is InChI=1S/C16H20N2O3/c19-11-14(20)18-8-6-16(7-9-18)10-13(15(21)17-16)12-4-2-1-3-5-12/h1-5,13,19H,6-11H2,(H,17,21)/t13-/m0/s1. The second-order valence-corrected chi connectivity index (χ2v) is 5.98. The predicted octanol–water partition coefficient (Wildman–Crippen LogP) is 0.644. The van der Waals surface area contributed by atoms with Crippen molar-refractivity contribution in [3.63, 3.8) is 0 Å². The number of nitrogens with zero attached hydrogens (tertiary/aromatic N) is 1. The number of nitrogens with one attached hydrogen (secondary N) is 1. The van der Waals surface area contributed by atoms with Gasteiger partial charge in [-0.15, -0.1) is 0 Å². The average Bonchev–Trinajstić information content (AvgIpc) is 2.84. The Morgan fingerprint density at radius 1 is 1.29 bits per heavy atom. The molecule has 2 heterocycles. The summed E-state index contributed by atoms with van der Waals surface area (Å²) in [6, 6.07) is 9.85. The number of rotatable bonds is 2. The van der Waals surface area contributed by atoms with E-state index in [1.165, 1.54) is 0 Å². The Kier molecular flexibility index (Phi) is 3.68. The molecule has 5 heteroatoms. The lowest BCUT2D eigenvalue weighted by Gasteiger charge is -2.39. The van der Waals surface area contributed by atoms with E-state index < -0.39 is 6.61 Å². The van der Waals surface area contributed by atoms with Crippen LogP contribution < -0.4 is 5.32 Å². The number of piperidine rings is 1. The molecule has 1 atom stereocenters. The molecule has 2 fully saturated rings. The van der Waals surface area contributed by atoms with Crippen LogP contribution in [0, 0.1) is 0 Å². The first-order chi connectivity index (χ1) is 10.1. The van der Waals surface area contributed by atoms with E-state index in [9.17, 15) is 9.59 Å². The molecular formula is C16H20N2O3. The molecule has 0 unspecified atom stereocenters. The smallest absolute Gasteiger partial charge is 0.248 e. The molecule has 0 radical (unpaired) electrons. The molecule has 0 aliphatic carbocycles. The fourth-order valence-corrected chi connectivity index (χ4v) is 3.45. The summed E-state index contributed by atoms with van der Waals surface area (Å²) in [6.07, 6.45) is 2.30. The van der Waals surface area contributed by atoms with Crippen LogP contribution in [0.15, 0.2) is 30.3 Å². The summed E-state index contributed by atoms with van der Waals surface area (Å²) in [5.41, 5.74) is 0.866. The maximum absolute atomic E-state index is 12.3. The normalized spacial score (nSPS) is 24.1. The molecular weight excluding hydrogens is 268 g/mol. The third-order valence-electron chi connectivity index (χ3n) is 4.71. The number of hydrogen-bond acceptors (Lipinski definition) is 3. The zero-order valence-electron chi connectivity index (χ0n) is 11.9. The van der Waals surface area contributed by atoms with Crippen LogP contribution >= 0.6 is 0 Å². The SMILES string of the molecule is O=C1NC2(CCN(C(=O)CO)CC2)C[C@H]1c1ccccc1. The largest absolute Gasteiger partial charge is 0.387 e. The van der Waals surface area contributed by atoms with Gasteiger partial charge in [0, 0.05) is 18.6 Å². The van der Waals surface area contributed by atoms with Gasteiger partial charge in [0.1, 0.15) is 6.61 Å². The fourth-order valence-electron chi connectivity index (χ4n) is 3.45. The quantitative estimate of drug-likeness (QED) is 0.839. The van der Waals surface area contributed by atoms with Crippen molar-refractivity contribution in [3.8, 4) is 0 Å². The lowest BCUT2D eigenvalue weighted by Crippen LogP contribution is -2.52. The van der Waals surface area contributed by atoms with E-state index in [-0.39, 0.29) is 23.3 Å². The summed E-state index contributed by atoms with van der Waals surface area (Å²) in [7, 11) is 0. The van der Waals surface area contributed by atoms with E-state index in [1.54, 1.807) is 4.90 Å². The number of benzene rings is 1. The molecule has 1 aromatic carbocycles. The summed E-state index contributed by atoms with van der Waals surface area (Å²) in [5.74, 6) is -0.233. The predicted molar refractivity (Wildman–Crippen MR) is 77.6 cm³/mol. The van der Waals surface area contributed by atoms with Crippen LogP contribution in [-0.2, 0) is 9.59 Å². The van der Waals surface area contributed by atoms with E-state index in [2.05, 4.69) is 5.32 Å². The third-order valence-corrected chi connectivity index (χ3v) is 4.71. The van der Waals surface area contributed by atoms with Crippen LogP contribution in [0.1, 0.15) is 30.7 Å². The molecule has 2 aliphatic heterocycles. The monoisotopic (exact) mass is 288 g/mol. The Hall–Kier alpha value is -1.88. The third kappa shape index (κ3) is 2.65. The molecule has 0 bridgehead atoms. The lowest BCUT2D eigenvalue weighted by molar-refractivity contribution is -0.135. The first-order valence-electron chi connectivity index (χ1n) is 7.39. The van der Waals surface area contributed by atoms with Gasteiger partial charge in [-0.2, -0.15) is 0 Å². The van der Waals surface area contributed by atoms with Crippen molar-refractivity contribution in [2.24, 2.45) is 0 Å². The molecule has 2 amide bonds. The van der Waals surface area contributed by atoms with Crippen molar-refractivity contribution in [1.82, 2.24) is 10.2 Å². The van der Waals surface area contributed by atoms with Gasteiger partial charge in [0.25, 0.3) is 0 Å². The van der Waals surface area contributed by atoms with E-state index >= 15 is 0 Å². The number of carbonyl (C=O) groups is 2. The molecule has 1 aromatic rings. The van der Waals surface area contributed by atoms with Gasteiger partial charge in [-0.1, -0.05) is 30.3 Å². The Labute approximate surface area is 123 Å². The van der Waals surface area contributed by atoms with Crippen LogP contribution in [0.2, 0.25) is 0 Å². The molecule has 2 saturated heterocycles. The van der Waals surface area contributed by atoms with Crippen LogP contribution in [0.4, 0.5) is 0 Å². The number of aliphatic hydroxyl groups is 1. The summed E-state index contributed by atoms with van der Waals surface area (Å²) in [6.45, 7) is 0.758. The second kappa shape index (κ2) is 5.48. The van der Waals surface area contributed by atoms with Crippen molar-refractivity contribution in [2.75, 3.05) is 19.7 Å². The van der Waals surface area contributed by atoms with Gasteiger partial charge in [0.2, 0.25) is 11.8 Å². The van der Waals surface area contributed by atoms with Crippen molar-refractivity contribution in [3.05, 3.63) is 35.9 Å². The van der Waals surface area contributed by atoms with Gasteiger partial charge in [-0.05, 0) is 24.8 Å². The highest BCUT2D eigenvalue weighted by Gasteiger charge is 2.46. The van der Waals surface area contributed by atoms with Crippen LogP contribution in [-0.4, -0.2) is 47.1 Å². The highest BCUT2D eigenvalue weighted by molar-refractivity contribution is 5.87. The Bertz CT molecular complexity index is 536. The van der Waals surface area contributed by atoms with Crippen molar-refractivity contribution in [2.45, 2.75) is 30.7 Å². The first kappa shape index (κ1) is 14.1. The van der Waals surface area contributed by atoms with Crippen LogP contribution in [0.3, 0.4) is 0 Å². The highest BCUT2D eigenvalue weighted by Crippen LogP contribution is 2.39. The minimum absolute atomic E-state index is 0.0862. The van der Waals surface area contributed by atoms with E-state index in [0.717, 1.165) is 24.8 Å². The maximum atomic E-state index is 12.3.